The van der Waals surface area contributed by atoms with E-state index in [2.05, 4.69) is 5.32 Å². The van der Waals surface area contributed by atoms with Gasteiger partial charge in [0.05, 0.1) is 11.6 Å². The molecule has 1 atom stereocenters. The van der Waals surface area contributed by atoms with Gasteiger partial charge in [-0.1, -0.05) is 18.5 Å². The zero-order valence-corrected chi connectivity index (χ0v) is 18.2. The Kier molecular flexibility index (Phi) is 7.33. The van der Waals surface area contributed by atoms with Crippen LogP contribution in [0.1, 0.15) is 30.1 Å². The third-order valence-corrected chi connectivity index (χ3v) is 7.25. The third-order valence-electron chi connectivity index (χ3n) is 4.90. The Labute approximate surface area is 181 Å². The van der Waals surface area contributed by atoms with E-state index in [1.165, 1.54) is 46.8 Å². The molecule has 2 aromatic carbocycles. The zero-order chi connectivity index (χ0) is 21.7. The number of hydrogen-bond donors (Lipinski definition) is 1. The number of nitrogens with zero attached hydrogens (tertiary/aromatic N) is 1. The van der Waals surface area contributed by atoms with Gasteiger partial charge in [0.15, 0.2) is 0 Å². The monoisotopic (exact) mass is 454 g/mol. The van der Waals surface area contributed by atoms with Crippen molar-refractivity contribution in [1.82, 2.24) is 9.62 Å². The van der Waals surface area contributed by atoms with Crippen molar-refractivity contribution < 1.29 is 22.3 Å². The van der Waals surface area contributed by atoms with E-state index in [9.17, 15) is 17.6 Å². The van der Waals surface area contributed by atoms with Crippen LogP contribution in [0.2, 0.25) is 5.02 Å². The smallest absolute Gasteiger partial charge is 0.251 e. The highest BCUT2D eigenvalue weighted by Crippen LogP contribution is 2.29. The molecule has 0 radical (unpaired) electrons. The molecule has 0 aromatic heterocycles. The van der Waals surface area contributed by atoms with Gasteiger partial charge >= 0.3 is 0 Å². The Hall–Kier alpha value is -2.16. The van der Waals surface area contributed by atoms with Crippen molar-refractivity contribution in [3.05, 3.63) is 58.9 Å². The highest BCUT2D eigenvalue weighted by atomic mass is 35.5. The number of nitrogens with one attached hydrogen (secondary N) is 1. The van der Waals surface area contributed by atoms with Crippen LogP contribution in [-0.4, -0.2) is 44.9 Å². The zero-order valence-electron chi connectivity index (χ0n) is 16.6. The number of hydrogen-bond acceptors (Lipinski definition) is 4. The highest BCUT2D eigenvalue weighted by Gasteiger charge is 2.30. The number of piperidine rings is 1. The SMILES string of the molecule is CC1CCCN(S(=O)(=O)c2cc(C(=O)NCCOc3ccc(F)cc3)ccc2Cl)C1. The number of benzene rings is 2. The minimum Gasteiger partial charge on any atom is -0.492 e. The second-order valence-corrected chi connectivity index (χ2v) is 9.63. The van der Waals surface area contributed by atoms with E-state index in [0.717, 1.165) is 12.8 Å². The van der Waals surface area contributed by atoms with Gasteiger partial charge in [0.25, 0.3) is 5.91 Å². The Balaban J connectivity index is 1.63. The second kappa shape index (κ2) is 9.76. The molecule has 1 heterocycles. The molecule has 1 aliphatic heterocycles. The van der Waals surface area contributed by atoms with Crippen LogP contribution in [0.4, 0.5) is 4.39 Å². The summed E-state index contributed by atoms with van der Waals surface area (Å²) in [5.41, 5.74) is 0.199. The molecule has 30 heavy (non-hydrogen) atoms. The lowest BCUT2D eigenvalue weighted by atomic mass is 10.0. The van der Waals surface area contributed by atoms with Crippen LogP contribution in [0, 0.1) is 11.7 Å². The average Bonchev–Trinajstić information content (AvgIpc) is 2.72. The van der Waals surface area contributed by atoms with Gasteiger partial charge in [-0.2, -0.15) is 4.31 Å². The molecule has 3 rings (SSSR count). The Morgan fingerprint density at radius 2 is 2.00 bits per heavy atom. The maximum atomic E-state index is 13.0. The molecule has 1 saturated heterocycles. The fourth-order valence-electron chi connectivity index (χ4n) is 3.31. The molecule has 6 nitrogen and oxygen atoms in total. The minimum absolute atomic E-state index is 0.0616. The molecule has 9 heteroatoms. The summed E-state index contributed by atoms with van der Waals surface area (Å²) in [4.78, 5) is 12.4. The number of sulfonamides is 1. The van der Waals surface area contributed by atoms with Crippen LogP contribution >= 0.6 is 11.6 Å². The molecule has 1 N–H and O–H groups in total. The van der Waals surface area contributed by atoms with Gasteiger partial charge in [-0.3, -0.25) is 4.79 Å². The van der Waals surface area contributed by atoms with Crippen molar-refractivity contribution in [3.63, 3.8) is 0 Å². The van der Waals surface area contributed by atoms with Crippen molar-refractivity contribution in [2.24, 2.45) is 5.92 Å². The fourth-order valence-corrected chi connectivity index (χ4v) is 5.41. The molecule has 0 aliphatic carbocycles. The van der Waals surface area contributed by atoms with E-state index in [0.29, 0.717) is 18.8 Å². The Bertz CT molecular complexity index is 999. The standard InChI is InChI=1S/C21H24ClFN2O4S/c1-15-3-2-11-25(14-15)30(27,28)20-13-16(4-9-19(20)22)21(26)24-10-12-29-18-7-5-17(23)6-8-18/h4-9,13,15H,2-3,10-12,14H2,1H3,(H,24,26). The topological polar surface area (TPSA) is 75.7 Å². The van der Waals surface area contributed by atoms with Gasteiger partial charge in [-0.25, -0.2) is 12.8 Å². The van der Waals surface area contributed by atoms with Crippen molar-refractivity contribution in [2.75, 3.05) is 26.2 Å². The van der Waals surface area contributed by atoms with Gasteiger partial charge in [-0.05, 0) is 61.2 Å². The summed E-state index contributed by atoms with van der Waals surface area (Å²) in [5, 5.41) is 2.76. The summed E-state index contributed by atoms with van der Waals surface area (Å²) in [7, 11) is -3.78. The molecule has 0 saturated carbocycles. The summed E-state index contributed by atoms with van der Waals surface area (Å²) in [6, 6.07) is 9.78. The van der Waals surface area contributed by atoms with Gasteiger partial charge in [0.1, 0.15) is 23.1 Å². The quantitative estimate of drug-likeness (QED) is 0.647. The molecule has 1 unspecified atom stereocenters. The van der Waals surface area contributed by atoms with Gasteiger partial charge in [0.2, 0.25) is 10.0 Å². The lowest BCUT2D eigenvalue weighted by Crippen LogP contribution is -2.39. The van der Waals surface area contributed by atoms with Crippen LogP contribution in [0.25, 0.3) is 0 Å². The number of carbonyl (C=O) groups excluding carboxylic acids is 1. The molecule has 1 aliphatic rings. The van der Waals surface area contributed by atoms with E-state index >= 15 is 0 Å². The van der Waals surface area contributed by atoms with Crippen molar-refractivity contribution in [3.8, 4) is 5.75 Å². The normalized spacial score (nSPS) is 17.5. The first-order valence-electron chi connectivity index (χ1n) is 9.73. The minimum atomic E-state index is -3.78. The average molecular weight is 455 g/mol. The molecule has 1 fully saturated rings. The number of amides is 1. The number of rotatable bonds is 7. The maximum Gasteiger partial charge on any atom is 0.251 e. The Morgan fingerprint density at radius 1 is 1.27 bits per heavy atom. The molecule has 1 amide bonds. The Morgan fingerprint density at radius 3 is 2.70 bits per heavy atom. The van der Waals surface area contributed by atoms with E-state index in [1.54, 1.807) is 0 Å². The first-order chi connectivity index (χ1) is 14.3. The predicted octanol–water partition coefficient (Wildman–Crippen LogP) is 3.71. The summed E-state index contributed by atoms with van der Waals surface area (Å²) in [6.07, 6.45) is 1.79. The summed E-state index contributed by atoms with van der Waals surface area (Å²) in [6.45, 7) is 3.28. The third kappa shape index (κ3) is 5.50. The summed E-state index contributed by atoms with van der Waals surface area (Å²) >= 11 is 6.16. The van der Waals surface area contributed by atoms with E-state index in [4.69, 9.17) is 16.3 Å². The first-order valence-corrected chi connectivity index (χ1v) is 11.6. The van der Waals surface area contributed by atoms with Crippen LogP contribution in [-0.2, 0) is 10.0 Å². The van der Waals surface area contributed by atoms with Crippen LogP contribution < -0.4 is 10.1 Å². The molecule has 0 spiro atoms. The van der Waals surface area contributed by atoms with Crippen LogP contribution in [0.15, 0.2) is 47.4 Å². The van der Waals surface area contributed by atoms with E-state index in [1.807, 2.05) is 6.92 Å². The lowest BCUT2D eigenvalue weighted by molar-refractivity contribution is 0.0947. The van der Waals surface area contributed by atoms with Gasteiger partial charge in [-0.15, -0.1) is 0 Å². The highest BCUT2D eigenvalue weighted by molar-refractivity contribution is 7.89. The van der Waals surface area contributed by atoms with Crippen molar-refractivity contribution in [1.29, 1.82) is 0 Å². The second-order valence-electron chi connectivity index (χ2n) is 7.31. The van der Waals surface area contributed by atoms with Gasteiger partial charge < -0.3 is 10.1 Å². The number of ether oxygens (including phenoxy) is 1. The largest absolute Gasteiger partial charge is 0.492 e. The summed E-state index contributed by atoms with van der Waals surface area (Å²) in [5.74, 6) is -0.0258. The molecular weight excluding hydrogens is 431 g/mol. The van der Waals surface area contributed by atoms with Crippen molar-refractivity contribution >= 4 is 27.5 Å². The number of halogens is 2. The fraction of sp³-hybridized carbons (Fsp3) is 0.381. The molecule has 2 aromatic rings. The van der Waals surface area contributed by atoms with Crippen molar-refractivity contribution in [2.45, 2.75) is 24.7 Å². The maximum absolute atomic E-state index is 13.0. The van der Waals surface area contributed by atoms with E-state index < -0.39 is 15.9 Å². The van der Waals surface area contributed by atoms with Gasteiger partial charge in [0, 0.05) is 18.7 Å². The van der Waals surface area contributed by atoms with Crippen LogP contribution in [0.5, 0.6) is 5.75 Å². The summed E-state index contributed by atoms with van der Waals surface area (Å²) < 4.78 is 45.8. The van der Waals surface area contributed by atoms with E-state index in [-0.39, 0.29) is 40.4 Å². The first kappa shape index (κ1) is 22.5. The molecular formula is C21H24ClFN2O4S. The molecule has 0 bridgehead atoms. The predicted molar refractivity (Wildman–Crippen MR) is 113 cm³/mol. The number of carbonyl (C=O) groups is 1. The molecule has 162 valence electrons. The lowest BCUT2D eigenvalue weighted by Gasteiger charge is -2.30. The van der Waals surface area contributed by atoms with Crippen LogP contribution in [0.3, 0.4) is 0 Å².